The molecule has 3 atom stereocenters. The second-order valence-corrected chi connectivity index (χ2v) is 6.91. The fraction of sp³-hybridized carbons (Fsp3) is 0.647. The van der Waals surface area contributed by atoms with Crippen LogP contribution in [-0.2, 0) is 4.79 Å². The number of rotatable bonds is 2. The maximum atomic E-state index is 12.7. The van der Waals surface area contributed by atoms with Crippen molar-refractivity contribution < 1.29 is 14.0 Å². The zero-order valence-electron chi connectivity index (χ0n) is 12.7. The molecule has 0 spiro atoms. The number of nitrogens with zero attached hydrogens (tertiary/aromatic N) is 2. The Bertz CT molecular complexity index is 560. The number of carbonyl (C=O) groups is 2. The molecule has 3 fully saturated rings. The predicted molar refractivity (Wildman–Crippen MR) is 80.1 cm³/mol. The molecule has 4 rings (SSSR count). The Labute approximate surface area is 130 Å². The smallest absolute Gasteiger partial charge is 0.257 e. The number of piperazine rings is 1. The molecule has 3 unspecified atom stereocenters. The molecule has 2 amide bonds. The molecular weight excluding hydrogens is 280 g/mol. The summed E-state index contributed by atoms with van der Waals surface area (Å²) >= 11 is 0. The highest BCUT2D eigenvalue weighted by molar-refractivity contribution is 5.94. The van der Waals surface area contributed by atoms with Crippen LogP contribution in [0.15, 0.2) is 23.0 Å². The van der Waals surface area contributed by atoms with Crippen LogP contribution < -0.4 is 0 Å². The van der Waals surface area contributed by atoms with E-state index in [-0.39, 0.29) is 11.8 Å². The number of hydrogen-bond acceptors (Lipinski definition) is 3. The average Bonchev–Trinajstić information content (AvgIpc) is 3.30. The third kappa shape index (κ3) is 2.32. The summed E-state index contributed by atoms with van der Waals surface area (Å²) in [5.41, 5.74) is 0.591. The molecule has 1 aromatic heterocycles. The zero-order chi connectivity index (χ0) is 15.1. The van der Waals surface area contributed by atoms with Gasteiger partial charge in [-0.2, -0.15) is 0 Å². The van der Waals surface area contributed by atoms with Gasteiger partial charge in [0.05, 0.1) is 11.8 Å². The zero-order valence-corrected chi connectivity index (χ0v) is 12.7. The molecular formula is C17H22N2O3. The molecule has 0 aromatic carbocycles. The van der Waals surface area contributed by atoms with Crippen LogP contribution >= 0.6 is 0 Å². The summed E-state index contributed by atoms with van der Waals surface area (Å²) in [6.45, 7) is 2.57. The Hall–Kier alpha value is -1.78. The van der Waals surface area contributed by atoms with Gasteiger partial charge in [-0.25, -0.2) is 0 Å². The number of fused-ring (bicyclic) bond motifs is 2. The van der Waals surface area contributed by atoms with E-state index in [0.29, 0.717) is 43.6 Å². The maximum absolute atomic E-state index is 12.7. The van der Waals surface area contributed by atoms with Crippen molar-refractivity contribution in [2.24, 2.45) is 17.8 Å². The van der Waals surface area contributed by atoms with Gasteiger partial charge in [0.2, 0.25) is 5.91 Å². The first kappa shape index (κ1) is 13.9. The van der Waals surface area contributed by atoms with Crippen LogP contribution in [0.25, 0.3) is 0 Å². The predicted octanol–water partition coefficient (Wildman–Crippen LogP) is 2.00. The summed E-state index contributed by atoms with van der Waals surface area (Å²) in [4.78, 5) is 28.8. The largest absolute Gasteiger partial charge is 0.472 e. The van der Waals surface area contributed by atoms with Crippen molar-refractivity contribution in [2.45, 2.75) is 25.7 Å². The molecule has 1 aliphatic heterocycles. The van der Waals surface area contributed by atoms with Gasteiger partial charge < -0.3 is 14.2 Å². The minimum Gasteiger partial charge on any atom is -0.472 e. The van der Waals surface area contributed by atoms with Crippen molar-refractivity contribution in [1.29, 1.82) is 0 Å². The van der Waals surface area contributed by atoms with E-state index in [1.54, 1.807) is 6.07 Å². The van der Waals surface area contributed by atoms with Gasteiger partial charge >= 0.3 is 0 Å². The highest BCUT2D eigenvalue weighted by atomic mass is 16.3. The number of hydrogen-bond donors (Lipinski definition) is 0. The molecule has 2 bridgehead atoms. The Morgan fingerprint density at radius 2 is 1.82 bits per heavy atom. The Balaban J connectivity index is 1.34. The number of amides is 2. The van der Waals surface area contributed by atoms with Crippen molar-refractivity contribution >= 4 is 11.8 Å². The van der Waals surface area contributed by atoms with E-state index in [9.17, 15) is 9.59 Å². The lowest BCUT2D eigenvalue weighted by Gasteiger charge is -2.37. The van der Waals surface area contributed by atoms with E-state index in [2.05, 4.69) is 0 Å². The molecule has 2 aliphatic carbocycles. The van der Waals surface area contributed by atoms with E-state index in [1.807, 2.05) is 9.80 Å². The average molecular weight is 302 g/mol. The van der Waals surface area contributed by atoms with Gasteiger partial charge in [0, 0.05) is 32.1 Å². The summed E-state index contributed by atoms with van der Waals surface area (Å²) in [6, 6.07) is 1.69. The SMILES string of the molecule is O=C(c1ccoc1)N1CCN(C(=O)C2CC3CCC2C3)CC1. The Kier molecular flexibility index (Phi) is 3.43. The second-order valence-electron chi connectivity index (χ2n) is 6.91. The standard InChI is InChI=1S/C17H22N2O3/c20-16(14-3-8-22-11-14)18-4-6-19(7-5-18)17(21)15-10-12-1-2-13(15)9-12/h3,8,11-13,15H,1-2,4-7,9-10H2. The minimum atomic E-state index is 0.000715. The first-order valence-corrected chi connectivity index (χ1v) is 8.32. The Morgan fingerprint density at radius 1 is 1.05 bits per heavy atom. The van der Waals surface area contributed by atoms with Crippen LogP contribution in [0.5, 0.6) is 0 Å². The lowest BCUT2D eigenvalue weighted by Crippen LogP contribution is -2.52. The summed E-state index contributed by atoms with van der Waals surface area (Å²) in [5, 5.41) is 0. The molecule has 1 aromatic rings. The topological polar surface area (TPSA) is 53.8 Å². The molecule has 5 nitrogen and oxygen atoms in total. The van der Waals surface area contributed by atoms with E-state index >= 15 is 0 Å². The van der Waals surface area contributed by atoms with E-state index in [4.69, 9.17) is 4.42 Å². The third-order valence-electron chi connectivity index (χ3n) is 5.70. The van der Waals surface area contributed by atoms with Gasteiger partial charge in [-0.15, -0.1) is 0 Å². The van der Waals surface area contributed by atoms with Gasteiger partial charge in [0.15, 0.2) is 0 Å². The van der Waals surface area contributed by atoms with Crippen LogP contribution in [-0.4, -0.2) is 47.8 Å². The summed E-state index contributed by atoms with van der Waals surface area (Å²) in [7, 11) is 0. The van der Waals surface area contributed by atoms with Crippen molar-refractivity contribution in [2.75, 3.05) is 26.2 Å². The van der Waals surface area contributed by atoms with Gasteiger partial charge in [-0.05, 0) is 37.2 Å². The summed E-state index contributed by atoms with van der Waals surface area (Å²) in [5.74, 6) is 2.02. The summed E-state index contributed by atoms with van der Waals surface area (Å²) in [6.07, 6.45) is 7.91. The van der Waals surface area contributed by atoms with E-state index in [1.165, 1.54) is 31.8 Å². The third-order valence-corrected chi connectivity index (χ3v) is 5.70. The molecule has 3 aliphatic rings. The second kappa shape index (κ2) is 5.45. The van der Waals surface area contributed by atoms with Crippen LogP contribution in [0.4, 0.5) is 0 Å². The highest BCUT2D eigenvalue weighted by Crippen LogP contribution is 2.48. The van der Waals surface area contributed by atoms with E-state index < -0.39 is 0 Å². The first-order valence-electron chi connectivity index (χ1n) is 8.32. The normalized spacial score (nSPS) is 30.8. The molecule has 5 heteroatoms. The number of furan rings is 1. The van der Waals surface area contributed by atoms with Crippen LogP contribution in [0.2, 0.25) is 0 Å². The molecule has 0 N–H and O–H groups in total. The van der Waals surface area contributed by atoms with Crippen molar-refractivity contribution in [3.63, 3.8) is 0 Å². The minimum absolute atomic E-state index is 0.000715. The van der Waals surface area contributed by atoms with Crippen LogP contribution in [0.1, 0.15) is 36.0 Å². The van der Waals surface area contributed by atoms with Gasteiger partial charge in [-0.1, -0.05) is 6.42 Å². The maximum Gasteiger partial charge on any atom is 0.257 e. The fourth-order valence-electron chi connectivity index (χ4n) is 4.48. The summed E-state index contributed by atoms with van der Waals surface area (Å²) < 4.78 is 4.97. The number of carbonyl (C=O) groups excluding carboxylic acids is 2. The van der Waals surface area contributed by atoms with Crippen LogP contribution in [0.3, 0.4) is 0 Å². The molecule has 0 radical (unpaired) electrons. The van der Waals surface area contributed by atoms with Crippen molar-refractivity contribution in [3.05, 3.63) is 24.2 Å². The van der Waals surface area contributed by atoms with Gasteiger partial charge in [-0.3, -0.25) is 9.59 Å². The van der Waals surface area contributed by atoms with Gasteiger partial charge in [0.1, 0.15) is 6.26 Å². The fourth-order valence-corrected chi connectivity index (χ4v) is 4.48. The molecule has 1 saturated heterocycles. The lowest BCUT2D eigenvalue weighted by atomic mass is 9.87. The molecule has 2 saturated carbocycles. The monoisotopic (exact) mass is 302 g/mol. The Morgan fingerprint density at radius 3 is 2.41 bits per heavy atom. The van der Waals surface area contributed by atoms with Crippen molar-refractivity contribution in [3.8, 4) is 0 Å². The molecule has 22 heavy (non-hydrogen) atoms. The highest BCUT2D eigenvalue weighted by Gasteiger charge is 2.44. The lowest BCUT2D eigenvalue weighted by molar-refractivity contribution is -0.138. The van der Waals surface area contributed by atoms with Gasteiger partial charge in [0.25, 0.3) is 5.91 Å². The van der Waals surface area contributed by atoms with Crippen LogP contribution in [0, 0.1) is 17.8 Å². The molecule has 118 valence electrons. The van der Waals surface area contributed by atoms with E-state index in [0.717, 1.165) is 12.3 Å². The van der Waals surface area contributed by atoms with Crippen molar-refractivity contribution in [1.82, 2.24) is 9.80 Å². The molecule has 2 heterocycles. The quantitative estimate of drug-likeness (QED) is 0.839. The first-order chi connectivity index (χ1) is 10.7.